The predicted molar refractivity (Wildman–Crippen MR) is 123 cm³/mol. The zero-order valence-electron chi connectivity index (χ0n) is 17.8. The average Bonchev–Trinajstić information content (AvgIpc) is 3.40. The first kappa shape index (κ1) is 21.0. The minimum Gasteiger partial charge on any atom is -0.385 e. The van der Waals surface area contributed by atoms with Gasteiger partial charge in [-0.25, -0.2) is 4.98 Å². The van der Waals surface area contributed by atoms with E-state index < -0.39 is 0 Å². The van der Waals surface area contributed by atoms with E-state index in [-0.39, 0.29) is 11.7 Å². The molecule has 1 atom stereocenters. The van der Waals surface area contributed by atoms with E-state index in [1.165, 1.54) is 22.3 Å². The summed E-state index contributed by atoms with van der Waals surface area (Å²) in [5.74, 6) is 0.430. The molecule has 1 aliphatic heterocycles. The number of H-pyrrole nitrogens is 1. The lowest BCUT2D eigenvalue weighted by atomic mass is 9.91. The first-order valence-corrected chi connectivity index (χ1v) is 11.4. The first-order chi connectivity index (χ1) is 14.6. The summed E-state index contributed by atoms with van der Waals surface area (Å²) in [5.41, 5.74) is 2.41. The Labute approximate surface area is 181 Å². The second-order valence-corrected chi connectivity index (χ2v) is 9.14. The summed E-state index contributed by atoms with van der Waals surface area (Å²) in [6.07, 6.45) is 6.09. The Morgan fingerprint density at radius 1 is 1.27 bits per heavy atom. The standard InChI is InChI=1S/C23H30N4O2S/c1-26-8-10-27(11-9-26)23-25-16-22(30-23)21(28)14-17(7-12-29-2)13-18-15-24-20-6-4-3-5-19(18)20/h3-6,15-17,24H,7-14H2,1-2H3. The zero-order valence-corrected chi connectivity index (χ0v) is 18.6. The van der Waals surface area contributed by atoms with Gasteiger partial charge < -0.3 is 19.5 Å². The van der Waals surface area contributed by atoms with Crippen LogP contribution in [0.5, 0.6) is 0 Å². The van der Waals surface area contributed by atoms with Gasteiger partial charge in [0.05, 0.1) is 11.1 Å². The van der Waals surface area contributed by atoms with Crippen LogP contribution in [0.15, 0.2) is 36.7 Å². The number of hydrogen-bond donors (Lipinski definition) is 1. The lowest BCUT2D eigenvalue weighted by Crippen LogP contribution is -2.44. The summed E-state index contributed by atoms with van der Waals surface area (Å²) in [6.45, 7) is 4.66. The normalized spacial score (nSPS) is 16.3. The van der Waals surface area contributed by atoms with E-state index in [4.69, 9.17) is 4.74 Å². The molecule has 6 nitrogen and oxygen atoms in total. The van der Waals surface area contributed by atoms with Gasteiger partial charge in [-0.15, -0.1) is 0 Å². The largest absolute Gasteiger partial charge is 0.385 e. The van der Waals surface area contributed by atoms with E-state index in [0.717, 1.165) is 54.5 Å². The maximum absolute atomic E-state index is 13.1. The second-order valence-electron chi connectivity index (χ2n) is 8.14. The predicted octanol–water partition coefficient (Wildman–Crippen LogP) is 3.84. The molecule has 1 fully saturated rings. The highest BCUT2D eigenvalue weighted by Crippen LogP contribution is 2.28. The summed E-state index contributed by atoms with van der Waals surface area (Å²) in [6, 6.07) is 8.33. The van der Waals surface area contributed by atoms with Gasteiger partial charge in [-0.1, -0.05) is 29.5 Å². The highest BCUT2D eigenvalue weighted by atomic mass is 32.1. The van der Waals surface area contributed by atoms with E-state index in [1.54, 1.807) is 13.3 Å². The van der Waals surface area contributed by atoms with Gasteiger partial charge in [0.2, 0.25) is 0 Å². The number of para-hydroxylation sites is 1. The SMILES string of the molecule is COCCC(CC(=O)c1cnc(N2CCN(C)CC2)s1)Cc1c[nH]c2ccccc12. The number of Topliss-reactive ketones (excluding diaryl/α,β-unsaturated/α-hetero) is 1. The van der Waals surface area contributed by atoms with Gasteiger partial charge >= 0.3 is 0 Å². The molecule has 3 aromatic rings. The van der Waals surface area contributed by atoms with Crippen LogP contribution < -0.4 is 4.90 Å². The van der Waals surface area contributed by atoms with Crippen LogP contribution in [0.25, 0.3) is 10.9 Å². The van der Waals surface area contributed by atoms with Crippen LogP contribution in [0, 0.1) is 5.92 Å². The van der Waals surface area contributed by atoms with Gasteiger partial charge in [0, 0.05) is 63.4 Å². The minimum absolute atomic E-state index is 0.189. The molecule has 0 spiro atoms. The number of rotatable bonds is 9. The molecule has 0 aliphatic carbocycles. The van der Waals surface area contributed by atoms with Crippen LogP contribution in [-0.4, -0.2) is 67.6 Å². The molecule has 0 radical (unpaired) electrons. The van der Waals surface area contributed by atoms with Crippen molar-refractivity contribution >= 4 is 33.2 Å². The lowest BCUT2D eigenvalue weighted by molar-refractivity contribution is 0.0950. The summed E-state index contributed by atoms with van der Waals surface area (Å²) >= 11 is 1.53. The van der Waals surface area contributed by atoms with Crippen molar-refractivity contribution in [1.29, 1.82) is 0 Å². The van der Waals surface area contributed by atoms with Gasteiger partial charge in [-0.3, -0.25) is 4.79 Å². The van der Waals surface area contributed by atoms with Crippen molar-refractivity contribution in [2.24, 2.45) is 5.92 Å². The fourth-order valence-electron chi connectivity index (χ4n) is 4.07. The molecule has 7 heteroatoms. The molecule has 1 N–H and O–H groups in total. The number of likely N-dealkylation sites (N-methyl/N-ethyl adjacent to an activating group) is 1. The average molecular weight is 427 g/mol. The number of nitrogens with one attached hydrogen (secondary N) is 1. The van der Waals surface area contributed by atoms with Crippen LogP contribution in [0.3, 0.4) is 0 Å². The van der Waals surface area contributed by atoms with Crippen LogP contribution in [0.2, 0.25) is 0 Å². The molecule has 30 heavy (non-hydrogen) atoms. The first-order valence-electron chi connectivity index (χ1n) is 10.6. The topological polar surface area (TPSA) is 61.5 Å². The van der Waals surface area contributed by atoms with E-state index in [9.17, 15) is 4.79 Å². The number of anilines is 1. The molecule has 3 heterocycles. The number of carbonyl (C=O) groups is 1. The maximum Gasteiger partial charge on any atom is 0.186 e. The second kappa shape index (κ2) is 9.73. The number of benzene rings is 1. The molecule has 160 valence electrons. The van der Waals surface area contributed by atoms with Crippen molar-refractivity contribution < 1.29 is 9.53 Å². The Morgan fingerprint density at radius 2 is 2.07 bits per heavy atom. The number of ether oxygens (including phenoxy) is 1. The van der Waals surface area contributed by atoms with Crippen LogP contribution in [-0.2, 0) is 11.2 Å². The number of ketones is 1. The molecule has 0 saturated carbocycles. The molecule has 1 unspecified atom stereocenters. The summed E-state index contributed by atoms with van der Waals surface area (Å²) in [4.78, 5) is 26.3. The molecule has 2 aromatic heterocycles. The number of piperazine rings is 1. The zero-order chi connectivity index (χ0) is 20.9. The fraction of sp³-hybridized carbons (Fsp3) is 0.478. The van der Waals surface area contributed by atoms with Crippen LogP contribution in [0.1, 0.15) is 28.1 Å². The van der Waals surface area contributed by atoms with E-state index in [0.29, 0.717) is 13.0 Å². The van der Waals surface area contributed by atoms with Gasteiger partial charge in [-0.2, -0.15) is 0 Å². The van der Waals surface area contributed by atoms with Gasteiger partial charge in [0.25, 0.3) is 0 Å². The fourth-order valence-corrected chi connectivity index (χ4v) is 4.99. The van der Waals surface area contributed by atoms with Crippen molar-refractivity contribution in [2.45, 2.75) is 19.3 Å². The summed E-state index contributed by atoms with van der Waals surface area (Å²) in [5, 5.41) is 2.21. The quantitative estimate of drug-likeness (QED) is 0.527. The van der Waals surface area contributed by atoms with Crippen molar-refractivity contribution in [3.05, 3.63) is 47.1 Å². The summed E-state index contributed by atoms with van der Waals surface area (Å²) in [7, 11) is 3.86. The van der Waals surface area contributed by atoms with Crippen molar-refractivity contribution in [3.8, 4) is 0 Å². The Balaban J connectivity index is 1.43. The van der Waals surface area contributed by atoms with E-state index in [1.807, 2.05) is 6.07 Å². The third kappa shape index (κ3) is 4.91. The Morgan fingerprint density at radius 3 is 2.87 bits per heavy atom. The smallest absolute Gasteiger partial charge is 0.186 e. The van der Waals surface area contributed by atoms with Crippen LogP contribution in [0.4, 0.5) is 5.13 Å². The molecular formula is C23H30N4O2S. The number of methoxy groups -OCH3 is 1. The van der Waals surface area contributed by atoms with E-state index >= 15 is 0 Å². The third-order valence-electron chi connectivity index (χ3n) is 5.93. The monoisotopic (exact) mass is 426 g/mol. The number of aromatic amines is 1. The molecule has 1 saturated heterocycles. The van der Waals surface area contributed by atoms with Gasteiger partial charge in [0.15, 0.2) is 10.9 Å². The number of fused-ring (bicyclic) bond motifs is 1. The Hall–Kier alpha value is -2.22. The van der Waals surface area contributed by atoms with Gasteiger partial charge in [-0.05, 0) is 37.4 Å². The third-order valence-corrected chi connectivity index (χ3v) is 7.03. The maximum atomic E-state index is 13.1. The molecule has 4 rings (SSSR count). The highest BCUT2D eigenvalue weighted by molar-refractivity contribution is 7.17. The Bertz CT molecular complexity index is 974. The van der Waals surface area contributed by atoms with Gasteiger partial charge in [0.1, 0.15) is 0 Å². The van der Waals surface area contributed by atoms with Crippen LogP contribution >= 0.6 is 11.3 Å². The number of carbonyl (C=O) groups excluding carboxylic acids is 1. The molecular weight excluding hydrogens is 396 g/mol. The number of nitrogens with zero attached hydrogens (tertiary/aromatic N) is 3. The highest BCUT2D eigenvalue weighted by Gasteiger charge is 2.22. The lowest BCUT2D eigenvalue weighted by Gasteiger charge is -2.32. The minimum atomic E-state index is 0.189. The molecule has 0 amide bonds. The molecule has 1 aromatic carbocycles. The van der Waals surface area contributed by atoms with Crippen molar-refractivity contribution in [1.82, 2.24) is 14.9 Å². The van der Waals surface area contributed by atoms with Crippen molar-refractivity contribution in [2.75, 3.05) is 51.8 Å². The van der Waals surface area contributed by atoms with Crippen molar-refractivity contribution in [3.63, 3.8) is 0 Å². The number of aromatic nitrogens is 2. The number of hydrogen-bond acceptors (Lipinski definition) is 6. The molecule has 0 bridgehead atoms. The summed E-state index contributed by atoms with van der Waals surface area (Å²) < 4.78 is 5.32. The Kier molecular flexibility index (Phi) is 6.82. The molecule has 1 aliphatic rings. The van der Waals surface area contributed by atoms with E-state index in [2.05, 4.69) is 51.2 Å². The number of thiazole rings is 1.